The van der Waals surface area contributed by atoms with Crippen molar-refractivity contribution in [2.45, 2.75) is 33.2 Å². The van der Waals surface area contributed by atoms with Crippen molar-refractivity contribution >= 4 is 23.5 Å². The van der Waals surface area contributed by atoms with Gasteiger partial charge in [-0.3, -0.25) is 9.59 Å². The van der Waals surface area contributed by atoms with Gasteiger partial charge in [0.1, 0.15) is 6.04 Å². The highest BCUT2D eigenvalue weighted by molar-refractivity contribution is 6.30. The first kappa shape index (κ1) is 15.5. The number of hydrogen-bond acceptors (Lipinski definition) is 2. The first-order chi connectivity index (χ1) is 8.72. The Morgan fingerprint density at radius 1 is 1.42 bits per heavy atom. The summed E-state index contributed by atoms with van der Waals surface area (Å²) in [6.45, 7) is 4.99. The van der Waals surface area contributed by atoms with Gasteiger partial charge in [-0.25, -0.2) is 0 Å². The predicted molar refractivity (Wildman–Crippen MR) is 74.2 cm³/mol. The second-order valence-corrected chi connectivity index (χ2v) is 5.66. The van der Waals surface area contributed by atoms with Gasteiger partial charge in [0.2, 0.25) is 5.91 Å². The topological polar surface area (TPSA) is 66.4 Å². The molecule has 1 rings (SSSR count). The Labute approximate surface area is 117 Å². The van der Waals surface area contributed by atoms with Crippen LogP contribution in [0, 0.1) is 5.41 Å². The normalized spacial score (nSPS) is 12.8. The summed E-state index contributed by atoms with van der Waals surface area (Å²) in [4.78, 5) is 22.8. The van der Waals surface area contributed by atoms with Crippen molar-refractivity contribution in [1.29, 1.82) is 0 Å². The third-order valence-corrected chi connectivity index (χ3v) is 3.10. The second kappa shape index (κ2) is 6.06. The molecule has 0 saturated heterocycles. The summed E-state index contributed by atoms with van der Waals surface area (Å²) in [6.07, 6.45) is 0.492. The van der Waals surface area contributed by atoms with Crippen LogP contribution >= 0.6 is 11.6 Å². The smallest absolute Gasteiger partial charge is 0.325 e. The summed E-state index contributed by atoms with van der Waals surface area (Å²) in [5.41, 5.74) is 0.240. The number of carboxylic acids is 1. The van der Waals surface area contributed by atoms with Gasteiger partial charge in [-0.2, -0.15) is 0 Å². The molecule has 0 fully saturated rings. The molecule has 2 N–H and O–H groups in total. The van der Waals surface area contributed by atoms with E-state index in [0.29, 0.717) is 11.4 Å². The van der Waals surface area contributed by atoms with Crippen LogP contribution in [-0.4, -0.2) is 23.0 Å². The molecule has 0 aliphatic heterocycles. The van der Waals surface area contributed by atoms with Crippen LogP contribution in [0.2, 0.25) is 5.02 Å². The molecule has 104 valence electrons. The van der Waals surface area contributed by atoms with Crippen LogP contribution < -0.4 is 5.32 Å². The summed E-state index contributed by atoms with van der Waals surface area (Å²) in [7, 11) is 0. The maximum atomic E-state index is 12.1. The highest BCUT2D eigenvalue weighted by atomic mass is 35.5. The van der Waals surface area contributed by atoms with E-state index in [2.05, 4.69) is 5.32 Å². The van der Waals surface area contributed by atoms with E-state index in [1.165, 1.54) is 6.92 Å². The Hall–Kier alpha value is -1.55. The molecular formula is C14H18ClNO3. The van der Waals surface area contributed by atoms with Gasteiger partial charge in [0, 0.05) is 10.4 Å². The van der Waals surface area contributed by atoms with E-state index < -0.39 is 17.4 Å². The van der Waals surface area contributed by atoms with E-state index in [0.717, 1.165) is 5.56 Å². The van der Waals surface area contributed by atoms with E-state index in [-0.39, 0.29) is 5.91 Å². The van der Waals surface area contributed by atoms with Crippen molar-refractivity contribution in [3.63, 3.8) is 0 Å². The molecule has 0 spiro atoms. The van der Waals surface area contributed by atoms with E-state index >= 15 is 0 Å². The number of carbonyl (C=O) groups excluding carboxylic acids is 1. The average molecular weight is 284 g/mol. The standard InChI is InChI=1S/C14H18ClNO3/c1-9(12(17)18)16-13(19)14(2,3)8-10-5-4-6-11(15)7-10/h4-7,9H,8H2,1-3H3,(H,16,19)(H,17,18)/t9-/m0/s1. The molecule has 1 amide bonds. The molecule has 5 heteroatoms. The summed E-state index contributed by atoms with van der Waals surface area (Å²) >= 11 is 5.90. The number of halogens is 1. The van der Waals surface area contributed by atoms with Gasteiger partial charge in [-0.05, 0) is 31.0 Å². The quantitative estimate of drug-likeness (QED) is 0.872. The number of aliphatic carboxylic acids is 1. The lowest BCUT2D eigenvalue weighted by Crippen LogP contribution is -2.45. The molecule has 4 nitrogen and oxygen atoms in total. The zero-order valence-electron chi connectivity index (χ0n) is 11.2. The molecule has 1 atom stereocenters. The van der Waals surface area contributed by atoms with Crippen LogP contribution in [0.3, 0.4) is 0 Å². The largest absolute Gasteiger partial charge is 0.480 e. The fraction of sp³-hybridized carbons (Fsp3) is 0.429. The number of carboxylic acid groups (broad SMARTS) is 1. The SMILES string of the molecule is C[C@H](NC(=O)C(C)(C)Cc1cccc(Cl)c1)C(=O)O. The van der Waals surface area contributed by atoms with Gasteiger partial charge in [-0.1, -0.05) is 37.6 Å². The average Bonchev–Trinajstić information content (AvgIpc) is 2.27. The number of amides is 1. The number of benzene rings is 1. The van der Waals surface area contributed by atoms with Crippen molar-refractivity contribution in [1.82, 2.24) is 5.32 Å². The molecule has 0 aliphatic rings. The van der Waals surface area contributed by atoms with Crippen molar-refractivity contribution in [2.24, 2.45) is 5.41 Å². The third-order valence-electron chi connectivity index (χ3n) is 2.87. The summed E-state index contributed by atoms with van der Waals surface area (Å²) in [6, 6.07) is 6.39. The van der Waals surface area contributed by atoms with E-state index in [1.54, 1.807) is 26.0 Å². The molecule has 0 heterocycles. The van der Waals surface area contributed by atoms with Gasteiger partial charge in [0.05, 0.1) is 0 Å². The van der Waals surface area contributed by atoms with Crippen molar-refractivity contribution in [2.75, 3.05) is 0 Å². The number of hydrogen-bond donors (Lipinski definition) is 2. The minimum absolute atomic E-state index is 0.289. The fourth-order valence-corrected chi connectivity index (χ4v) is 1.90. The number of nitrogens with one attached hydrogen (secondary N) is 1. The predicted octanol–water partition coefficient (Wildman–Crippen LogP) is 2.50. The molecule has 19 heavy (non-hydrogen) atoms. The Balaban J connectivity index is 2.75. The van der Waals surface area contributed by atoms with Crippen LogP contribution in [0.1, 0.15) is 26.3 Å². The lowest BCUT2D eigenvalue weighted by atomic mass is 9.84. The number of carbonyl (C=O) groups is 2. The first-order valence-corrected chi connectivity index (χ1v) is 6.38. The molecule has 0 aromatic heterocycles. The van der Waals surface area contributed by atoms with Gasteiger partial charge in [0.15, 0.2) is 0 Å². The summed E-state index contributed by atoms with van der Waals surface area (Å²) in [5, 5.41) is 11.9. The van der Waals surface area contributed by atoms with Crippen molar-refractivity contribution < 1.29 is 14.7 Å². The molecule has 0 bridgehead atoms. The van der Waals surface area contributed by atoms with E-state index in [9.17, 15) is 9.59 Å². The lowest BCUT2D eigenvalue weighted by Gasteiger charge is -2.25. The highest BCUT2D eigenvalue weighted by Gasteiger charge is 2.30. The Bertz CT molecular complexity index is 485. The van der Waals surface area contributed by atoms with Crippen LogP contribution in [0.15, 0.2) is 24.3 Å². The molecule has 0 saturated carbocycles. The maximum absolute atomic E-state index is 12.1. The highest BCUT2D eigenvalue weighted by Crippen LogP contribution is 2.24. The molecule has 0 aliphatic carbocycles. The van der Waals surface area contributed by atoms with Gasteiger partial charge >= 0.3 is 5.97 Å². The Morgan fingerprint density at radius 2 is 2.05 bits per heavy atom. The molecule has 0 radical (unpaired) electrons. The third kappa shape index (κ3) is 4.56. The summed E-state index contributed by atoms with van der Waals surface area (Å²) in [5.74, 6) is -1.34. The van der Waals surface area contributed by atoms with Crippen LogP contribution in [0.5, 0.6) is 0 Å². The molecule has 1 aromatic carbocycles. The van der Waals surface area contributed by atoms with Gasteiger partial charge in [-0.15, -0.1) is 0 Å². The second-order valence-electron chi connectivity index (χ2n) is 5.22. The molecule has 1 aromatic rings. The summed E-state index contributed by atoms with van der Waals surface area (Å²) < 4.78 is 0. The maximum Gasteiger partial charge on any atom is 0.325 e. The van der Waals surface area contributed by atoms with E-state index in [4.69, 9.17) is 16.7 Å². The minimum Gasteiger partial charge on any atom is -0.480 e. The van der Waals surface area contributed by atoms with Crippen LogP contribution in [-0.2, 0) is 16.0 Å². The van der Waals surface area contributed by atoms with Crippen molar-refractivity contribution in [3.05, 3.63) is 34.9 Å². The minimum atomic E-state index is -1.05. The first-order valence-electron chi connectivity index (χ1n) is 6.00. The van der Waals surface area contributed by atoms with Gasteiger partial charge < -0.3 is 10.4 Å². The zero-order chi connectivity index (χ0) is 14.6. The lowest BCUT2D eigenvalue weighted by molar-refractivity contribution is -0.142. The zero-order valence-corrected chi connectivity index (χ0v) is 12.0. The fourth-order valence-electron chi connectivity index (χ4n) is 1.69. The Morgan fingerprint density at radius 3 is 2.58 bits per heavy atom. The number of rotatable bonds is 5. The Kier molecular flexibility index (Phi) is 4.95. The van der Waals surface area contributed by atoms with Crippen molar-refractivity contribution in [3.8, 4) is 0 Å². The van der Waals surface area contributed by atoms with E-state index in [1.807, 2.05) is 12.1 Å². The molecular weight excluding hydrogens is 266 g/mol. The molecule has 0 unspecified atom stereocenters. The van der Waals surface area contributed by atoms with Gasteiger partial charge in [0.25, 0.3) is 0 Å². The van der Waals surface area contributed by atoms with Crippen LogP contribution in [0.4, 0.5) is 0 Å². The van der Waals surface area contributed by atoms with Crippen LogP contribution in [0.25, 0.3) is 0 Å². The monoisotopic (exact) mass is 283 g/mol.